The molecule has 0 bridgehead atoms. The first-order chi connectivity index (χ1) is 8.60. The van der Waals surface area contributed by atoms with Gasteiger partial charge in [-0.2, -0.15) is 0 Å². The van der Waals surface area contributed by atoms with E-state index in [9.17, 15) is 4.79 Å². The molecule has 0 radical (unpaired) electrons. The topological polar surface area (TPSA) is 67.0 Å². The zero-order valence-corrected chi connectivity index (χ0v) is 11.2. The number of nitrogens with one attached hydrogen (secondary N) is 2. The average molecular weight is 251 g/mol. The molecule has 5 nitrogen and oxygen atoms in total. The number of methoxy groups -OCH3 is 1. The smallest absolute Gasteiger partial charge is 0.252 e. The Hall–Kier alpha value is -1.36. The Kier molecular flexibility index (Phi) is 4.01. The van der Waals surface area contributed by atoms with Gasteiger partial charge in [0.25, 0.3) is 5.56 Å². The molecule has 0 amide bonds. The fraction of sp³-hybridized carbons (Fsp3) is 0.692. The summed E-state index contributed by atoms with van der Waals surface area (Å²) in [6.07, 6.45) is 3.49. The van der Waals surface area contributed by atoms with Crippen LogP contribution in [0.2, 0.25) is 0 Å². The summed E-state index contributed by atoms with van der Waals surface area (Å²) in [4.78, 5) is 18.8. The molecule has 0 saturated heterocycles. The molecule has 1 aliphatic carbocycles. The number of H-pyrrole nitrogens is 1. The summed E-state index contributed by atoms with van der Waals surface area (Å²) in [5, 5.41) is 3.32. The van der Waals surface area contributed by atoms with Gasteiger partial charge in [0.1, 0.15) is 11.6 Å². The minimum Gasteiger partial charge on any atom is -0.379 e. The van der Waals surface area contributed by atoms with Crippen LogP contribution in [0.15, 0.2) is 10.9 Å². The van der Waals surface area contributed by atoms with Crippen molar-refractivity contribution in [3.05, 3.63) is 22.2 Å². The van der Waals surface area contributed by atoms with Gasteiger partial charge in [0.05, 0.1) is 12.1 Å². The molecule has 1 saturated carbocycles. The summed E-state index contributed by atoms with van der Waals surface area (Å²) in [7, 11) is 1.73. The van der Waals surface area contributed by atoms with Crippen molar-refractivity contribution in [1.82, 2.24) is 9.97 Å². The van der Waals surface area contributed by atoms with Crippen molar-refractivity contribution < 1.29 is 4.74 Å². The van der Waals surface area contributed by atoms with Gasteiger partial charge in [0.2, 0.25) is 0 Å². The first kappa shape index (κ1) is 13.1. The first-order valence-corrected chi connectivity index (χ1v) is 6.50. The highest BCUT2D eigenvalue weighted by atomic mass is 16.5. The standard InChI is InChI=1S/C13H21N3O2/c1-8(2)13-15-11(7-12(17)16-13)14-9-5-4-6-10(9)18-3/h7-10H,4-6H2,1-3H3,(H2,14,15,16,17). The van der Waals surface area contributed by atoms with Crippen LogP contribution in [-0.2, 0) is 4.74 Å². The van der Waals surface area contributed by atoms with Crippen LogP contribution >= 0.6 is 0 Å². The van der Waals surface area contributed by atoms with E-state index in [0.717, 1.165) is 25.1 Å². The van der Waals surface area contributed by atoms with Crippen LogP contribution in [0.3, 0.4) is 0 Å². The lowest BCUT2D eigenvalue weighted by Gasteiger charge is -2.20. The molecule has 1 fully saturated rings. The molecule has 2 atom stereocenters. The molecule has 0 aliphatic heterocycles. The van der Waals surface area contributed by atoms with E-state index in [-0.39, 0.29) is 23.6 Å². The largest absolute Gasteiger partial charge is 0.379 e. The average Bonchev–Trinajstić information content (AvgIpc) is 2.75. The van der Waals surface area contributed by atoms with Crippen molar-refractivity contribution in [3.8, 4) is 0 Å². The Bertz CT molecular complexity index is 456. The molecule has 1 heterocycles. The van der Waals surface area contributed by atoms with E-state index in [1.54, 1.807) is 7.11 Å². The van der Waals surface area contributed by atoms with Gasteiger partial charge in [-0.15, -0.1) is 0 Å². The highest BCUT2D eigenvalue weighted by molar-refractivity contribution is 5.35. The molecule has 2 unspecified atom stereocenters. The predicted molar refractivity (Wildman–Crippen MR) is 71.0 cm³/mol. The van der Waals surface area contributed by atoms with Crippen molar-refractivity contribution in [2.24, 2.45) is 0 Å². The number of rotatable bonds is 4. The van der Waals surface area contributed by atoms with Crippen LogP contribution in [0.25, 0.3) is 0 Å². The summed E-state index contributed by atoms with van der Waals surface area (Å²) < 4.78 is 5.43. The highest BCUT2D eigenvalue weighted by Crippen LogP contribution is 2.24. The van der Waals surface area contributed by atoms with E-state index in [4.69, 9.17) is 4.74 Å². The van der Waals surface area contributed by atoms with Crippen molar-refractivity contribution in [1.29, 1.82) is 0 Å². The Morgan fingerprint density at radius 1 is 1.50 bits per heavy atom. The van der Waals surface area contributed by atoms with Crippen LogP contribution in [0.1, 0.15) is 44.9 Å². The normalized spacial score (nSPS) is 23.6. The Labute approximate surface area is 107 Å². The van der Waals surface area contributed by atoms with Crippen molar-refractivity contribution in [2.75, 3.05) is 12.4 Å². The second-order valence-electron chi connectivity index (χ2n) is 5.13. The van der Waals surface area contributed by atoms with E-state index >= 15 is 0 Å². The molecule has 18 heavy (non-hydrogen) atoms. The lowest BCUT2D eigenvalue weighted by atomic mass is 10.2. The third-order valence-electron chi connectivity index (χ3n) is 3.40. The van der Waals surface area contributed by atoms with Gasteiger partial charge in [0.15, 0.2) is 0 Å². The van der Waals surface area contributed by atoms with Gasteiger partial charge in [0, 0.05) is 19.1 Å². The Morgan fingerprint density at radius 2 is 2.28 bits per heavy atom. The summed E-state index contributed by atoms with van der Waals surface area (Å²) >= 11 is 0. The molecule has 2 rings (SSSR count). The van der Waals surface area contributed by atoms with Gasteiger partial charge in [-0.05, 0) is 19.3 Å². The maximum atomic E-state index is 11.6. The van der Waals surface area contributed by atoms with Gasteiger partial charge < -0.3 is 15.0 Å². The number of hydrogen-bond donors (Lipinski definition) is 2. The van der Waals surface area contributed by atoms with E-state index < -0.39 is 0 Å². The number of aromatic nitrogens is 2. The van der Waals surface area contributed by atoms with Crippen molar-refractivity contribution in [2.45, 2.75) is 51.2 Å². The summed E-state index contributed by atoms with van der Waals surface area (Å²) in [5.41, 5.74) is -0.108. The van der Waals surface area contributed by atoms with Gasteiger partial charge in [-0.3, -0.25) is 4.79 Å². The highest BCUT2D eigenvalue weighted by Gasteiger charge is 2.27. The summed E-state index contributed by atoms with van der Waals surface area (Å²) in [6, 6.07) is 1.76. The molecular formula is C13H21N3O2. The van der Waals surface area contributed by atoms with E-state index in [1.807, 2.05) is 13.8 Å². The van der Waals surface area contributed by atoms with Crippen LogP contribution in [0, 0.1) is 0 Å². The third-order valence-corrected chi connectivity index (χ3v) is 3.40. The number of aromatic amines is 1. The third kappa shape index (κ3) is 2.90. The molecule has 100 valence electrons. The van der Waals surface area contributed by atoms with Crippen LogP contribution in [0.5, 0.6) is 0 Å². The predicted octanol–water partition coefficient (Wildman–Crippen LogP) is 1.87. The fourth-order valence-corrected chi connectivity index (χ4v) is 2.39. The van der Waals surface area contributed by atoms with Crippen LogP contribution in [0.4, 0.5) is 5.82 Å². The minimum atomic E-state index is -0.108. The Morgan fingerprint density at radius 3 is 2.94 bits per heavy atom. The Balaban J connectivity index is 2.16. The van der Waals surface area contributed by atoms with E-state index in [2.05, 4.69) is 15.3 Å². The molecule has 1 aromatic rings. The van der Waals surface area contributed by atoms with E-state index in [1.165, 1.54) is 6.07 Å². The van der Waals surface area contributed by atoms with Gasteiger partial charge in [-0.25, -0.2) is 4.98 Å². The first-order valence-electron chi connectivity index (χ1n) is 6.50. The number of hydrogen-bond acceptors (Lipinski definition) is 4. The lowest BCUT2D eigenvalue weighted by Crippen LogP contribution is -2.31. The van der Waals surface area contributed by atoms with Crippen molar-refractivity contribution in [3.63, 3.8) is 0 Å². The van der Waals surface area contributed by atoms with E-state index in [0.29, 0.717) is 5.82 Å². The molecule has 5 heteroatoms. The second-order valence-corrected chi connectivity index (χ2v) is 5.13. The fourth-order valence-electron chi connectivity index (χ4n) is 2.39. The minimum absolute atomic E-state index is 0.108. The summed E-state index contributed by atoms with van der Waals surface area (Å²) in [5.74, 6) is 1.58. The number of ether oxygens (including phenoxy) is 1. The zero-order valence-electron chi connectivity index (χ0n) is 11.2. The van der Waals surface area contributed by atoms with Gasteiger partial charge in [-0.1, -0.05) is 13.8 Å². The van der Waals surface area contributed by atoms with Crippen molar-refractivity contribution >= 4 is 5.82 Å². The SMILES string of the molecule is COC1CCCC1Nc1cc(=O)[nH]c(C(C)C)n1. The molecule has 0 spiro atoms. The lowest BCUT2D eigenvalue weighted by molar-refractivity contribution is 0.101. The molecule has 2 N–H and O–H groups in total. The zero-order chi connectivity index (χ0) is 13.1. The molecule has 0 aromatic carbocycles. The van der Waals surface area contributed by atoms with Gasteiger partial charge >= 0.3 is 0 Å². The number of anilines is 1. The summed E-state index contributed by atoms with van der Waals surface area (Å²) in [6.45, 7) is 4.02. The molecule has 1 aliphatic rings. The quantitative estimate of drug-likeness (QED) is 0.857. The molecular weight excluding hydrogens is 230 g/mol. The van der Waals surface area contributed by atoms with Crippen LogP contribution in [-0.4, -0.2) is 29.2 Å². The van der Waals surface area contributed by atoms with Crippen LogP contribution < -0.4 is 10.9 Å². The maximum absolute atomic E-state index is 11.6. The monoisotopic (exact) mass is 251 g/mol. The number of nitrogens with zero attached hydrogens (tertiary/aromatic N) is 1. The second kappa shape index (κ2) is 5.52. The maximum Gasteiger partial charge on any atom is 0.252 e. The molecule has 1 aromatic heterocycles.